The molecule has 1 N–H and O–H groups in total. The smallest absolute Gasteiger partial charge is 0.182 e. The quantitative estimate of drug-likeness (QED) is 0.227. The number of hydrogen-bond acceptors (Lipinski definition) is 6. The van der Waals surface area contributed by atoms with Gasteiger partial charge in [-0.1, -0.05) is 85.6 Å². The van der Waals surface area contributed by atoms with Crippen molar-refractivity contribution in [3.05, 3.63) is 101 Å². The van der Waals surface area contributed by atoms with Crippen LogP contribution in [0.2, 0.25) is 5.15 Å². The van der Waals surface area contributed by atoms with Gasteiger partial charge in [-0.15, -0.1) is 5.10 Å². The summed E-state index contributed by atoms with van der Waals surface area (Å²) < 4.78 is 9.12. The fraction of sp³-hybridized carbons (Fsp3) is 0.267. The van der Waals surface area contributed by atoms with Crippen LogP contribution in [0.25, 0.3) is 22.5 Å². The summed E-state index contributed by atoms with van der Waals surface area (Å²) >= 11 is 6.33. The molecule has 2 aromatic heterocycles. The van der Waals surface area contributed by atoms with Crippen molar-refractivity contribution in [3.8, 4) is 28.3 Å². The second-order valence-electron chi connectivity index (χ2n) is 9.36. The summed E-state index contributed by atoms with van der Waals surface area (Å²) in [5.41, 5.74) is 5.88. The SMILES string of the molecule is CCCCc1nc(Cl)c(CO)n1Cc1ccc(-c2ccccc2-c2nnnn2Cc2ccc(OC)cc2)cc1. The third kappa shape index (κ3) is 5.87. The van der Waals surface area contributed by atoms with Gasteiger partial charge in [-0.3, -0.25) is 0 Å². The molecular weight excluding hydrogens is 512 g/mol. The fourth-order valence-corrected chi connectivity index (χ4v) is 4.94. The van der Waals surface area contributed by atoms with E-state index >= 15 is 0 Å². The van der Waals surface area contributed by atoms with Gasteiger partial charge >= 0.3 is 0 Å². The predicted molar refractivity (Wildman–Crippen MR) is 152 cm³/mol. The molecule has 39 heavy (non-hydrogen) atoms. The second-order valence-corrected chi connectivity index (χ2v) is 9.72. The molecule has 0 radical (unpaired) electrons. The molecule has 5 rings (SSSR count). The molecule has 0 amide bonds. The third-order valence-electron chi connectivity index (χ3n) is 6.80. The van der Waals surface area contributed by atoms with Crippen LogP contribution in [0.4, 0.5) is 0 Å². The topological polar surface area (TPSA) is 90.9 Å². The van der Waals surface area contributed by atoms with E-state index in [2.05, 4.69) is 57.8 Å². The van der Waals surface area contributed by atoms with E-state index in [4.69, 9.17) is 16.3 Å². The largest absolute Gasteiger partial charge is 0.497 e. The lowest BCUT2D eigenvalue weighted by Gasteiger charge is -2.13. The van der Waals surface area contributed by atoms with Gasteiger partial charge in [0.15, 0.2) is 11.0 Å². The molecule has 0 saturated heterocycles. The van der Waals surface area contributed by atoms with Crippen molar-refractivity contribution in [1.29, 1.82) is 0 Å². The number of nitrogens with zero attached hydrogens (tertiary/aromatic N) is 6. The lowest BCUT2D eigenvalue weighted by Crippen LogP contribution is -2.09. The molecule has 0 aliphatic heterocycles. The number of rotatable bonds is 11. The fourth-order valence-electron chi connectivity index (χ4n) is 4.68. The van der Waals surface area contributed by atoms with Gasteiger partial charge < -0.3 is 14.4 Å². The van der Waals surface area contributed by atoms with Gasteiger partial charge in [-0.05, 0) is 51.2 Å². The van der Waals surface area contributed by atoms with Gasteiger partial charge in [0.05, 0.1) is 26.0 Å². The summed E-state index contributed by atoms with van der Waals surface area (Å²) in [5.74, 6) is 2.42. The van der Waals surface area contributed by atoms with Crippen LogP contribution in [0.3, 0.4) is 0 Å². The minimum absolute atomic E-state index is 0.144. The average molecular weight is 543 g/mol. The maximum atomic E-state index is 9.90. The molecule has 0 atom stereocenters. The number of ether oxygens (including phenoxy) is 1. The van der Waals surface area contributed by atoms with E-state index in [-0.39, 0.29) is 6.61 Å². The van der Waals surface area contributed by atoms with Crippen molar-refractivity contribution in [2.24, 2.45) is 0 Å². The molecule has 5 aromatic rings. The van der Waals surface area contributed by atoms with Gasteiger partial charge in [0.1, 0.15) is 11.6 Å². The van der Waals surface area contributed by atoms with Crippen molar-refractivity contribution in [1.82, 2.24) is 29.8 Å². The minimum Gasteiger partial charge on any atom is -0.497 e. The first-order valence-electron chi connectivity index (χ1n) is 13.0. The van der Waals surface area contributed by atoms with Crippen LogP contribution in [0.15, 0.2) is 72.8 Å². The second kappa shape index (κ2) is 12.2. The average Bonchev–Trinajstić information content (AvgIpc) is 3.55. The number of aliphatic hydroxyl groups excluding tert-OH is 1. The normalized spacial score (nSPS) is 11.2. The summed E-state index contributed by atoms with van der Waals surface area (Å²) in [7, 11) is 1.66. The Bertz CT molecular complexity index is 1530. The van der Waals surface area contributed by atoms with Gasteiger partial charge in [-0.2, -0.15) is 0 Å². The molecule has 0 saturated carbocycles. The van der Waals surface area contributed by atoms with E-state index in [9.17, 15) is 5.11 Å². The lowest BCUT2D eigenvalue weighted by atomic mass is 9.98. The number of aromatic nitrogens is 6. The highest BCUT2D eigenvalue weighted by atomic mass is 35.5. The zero-order valence-electron chi connectivity index (χ0n) is 22.1. The summed E-state index contributed by atoms with van der Waals surface area (Å²) in [6.45, 7) is 3.14. The number of methoxy groups -OCH3 is 1. The molecule has 8 nitrogen and oxygen atoms in total. The number of aliphatic hydroxyl groups is 1. The molecule has 0 bridgehead atoms. The Morgan fingerprint density at radius 2 is 1.59 bits per heavy atom. The Morgan fingerprint density at radius 3 is 2.28 bits per heavy atom. The van der Waals surface area contributed by atoms with E-state index in [1.54, 1.807) is 7.11 Å². The Morgan fingerprint density at radius 1 is 0.897 bits per heavy atom. The van der Waals surface area contributed by atoms with Crippen molar-refractivity contribution < 1.29 is 9.84 Å². The first-order valence-corrected chi connectivity index (χ1v) is 13.4. The molecule has 0 spiro atoms. The van der Waals surface area contributed by atoms with E-state index in [0.717, 1.165) is 58.7 Å². The van der Waals surface area contributed by atoms with Crippen molar-refractivity contribution in [2.45, 2.75) is 45.9 Å². The number of hydrogen-bond donors (Lipinski definition) is 1. The Balaban J connectivity index is 1.41. The van der Waals surface area contributed by atoms with Crippen molar-refractivity contribution in [3.63, 3.8) is 0 Å². The zero-order valence-corrected chi connectivity index (χ0v) is 22.8. The van der Waals surface area contributed by atoms with Crippen LogP contribution in [0.1, 0.15) is 42.4 Å². The zero-order chi connectivity index (χ0) is 27.2. The maximum absolute atomic E-state index is 9.90. The van der Waals surface area contributed by atoms with E-state index in [0.29, 0.717) is 29.8 Å². The Kier molecular flexibility index (Phi) is 8.34. The van der Waals surface area contributed by atoms with Gasteiger partial charge in [0.2, 0.25) is 0 Å². The number of tetrazole rings is 1. The molecule has 200 valence electrons. The number of imidazole rings is 1. The highest BCUT2D eigenvalue weighted by molar-refractivity contribution is 6.30. The standard InChI is InChI=1S/C30H31ClN6O2/c1-3-4-9-28-32-29(31)27(20-38)36(28)18-21-10-14-23(15-11-21)25-7-5-6-8-26(25)30-33-34-35-37(30)19-22-12-16-24(39-2)17-13-22/h5-8,10-17,38H,3-4,9,18-20H2,1-2H3. The van der Waals surface area contributed by atoms with E-state index < -0.39 is 0 Å². The van der Waals surface area contributed by atoms with Crippen LogP contribution >= 0.6 is 11.6 Å². The van der Waals surface area contributed by atoms with E-state index in [1.807, 2.05) is 51.7 Å². The summed E-state index contributed by atoms with van der Waals surface area (Å²) in [5, 5.41) is 22.9. The highest BCUT2D eigenvalue weighted by Crippen LogP contribution is 2.31. The molecule has 0 aliphatic rings. The van der Waals surface area contributed by atoms with Gasteiger partial charge in [-0.25, -0.2) is 9.67 Å². The minimum atomic E-state index is -0.144. The number of benzene rings is 3. The highest BCUT2D eigenvalue weighted by Gasteiger charge is 2.17. The predicted octanol–water partition coefficient (Wildman–Crippen LogP) is 5.80. The maximum Gasteiger partial charge on any atom is 0.182 e. The first kappa shape index (κ1) is 26.6. The first-order chi connectivity index (χ1) is 19.1. The summed E-state index contributed by atoms with van der Waals surface area (Å²) in [6, 6.07) is 24.4. The molecule has 0 aliphatic carbocycles. The molecule has 0 unspecified atom stereocenters. The Hall–Kier alpha value is -4.01. The van der Waals surface area contributed by atoms with Crippen LogP contribution in [0.5, 0.6) is 5.75 Å². The van der Waals surface area contributed by atoms with Crippen molar-refractivity contribution in [2.75, 3.05) is 7.11 Å². The van der Waals surface area contributed by atoms with E-state index in [1.165, 1.54) is 0 Å². The molecule has 3 aromatic carbocycles. The van der Waals surface area contributed by atoms with Gasteiger partial charge in [0.25, 0.3) is 0 Å². The number of halogens is 1. The molecule has 0 fully saturated rings. The summed E-state index contributed by atoms with van der Waals surface area (Å²) in [6.07, 6.45) is 2.91. The van der Waals surface area contributed by atoms with Gasteiger partial charge in [0, 0.05) is 18.5 Å². The monoisotopic (exact) mass is 542 g/mol. The molecular formula is C30H31ClN6O2. The molecule has 9 heteroatoms. The number of unbranched alkanes of at least 4 members (excludes halogenated alkanes) is 1. The third-order valence-corrected chi connectivity index (χ3v) is 7.11. The lowest BCUT2D eigenvalue weighted by molar-refractivity contribution is 0.271. The van der Waals surface area contributed by atoms with Crippen LogP contribution < -0.4 is 4.74 Å². The van der Waals surface area contributed by atoms with Crippen LogP contribution in [-0.4, -0.2) is 42.0 Å². The summed E-state index contributed by atoms with van der Waals surface area (Å²) in [4.78, 5) is 4.51. The number of aryl methyl sites for hydroxylation is 1. The van der Waals surface area contributed by atoms with Crippen LogP contribution in [-0.2, 0) is 26.1 Å². The van der Waals surface area contributed by atoms with Crippen LogP contribution in [0, 0.1) is 0 Å². The molecule has 2 heterocycles. The van der Waals surface area contributed by atoms with Crippen molar-refractivity contribution >= 4 is 11.6 Å². The Labute approximate surface area is 232 Å².